The van der Waals surface area contributed by atoms with Crippen molar-refractivity contribution >= 4 is 34.6 Å². The molecule has 2 aromatic carbocycles. The average Bonchev–Trinajstić information content (AvgIpc) is 3.40. The van der Waals surface area contributed by atoms with E-state index in [0.717, 1.165) is 29.3 Å². The van der Waals surface area contributed by atoms with Crippen molar-refractivity contribution in [3.05, 3.63) is 59.8 Å². The van der Waals surface area contributed by atoms with Crippen LogP contribution in [0.5, 0.6) is 5.75 Å². The lowest BCUT2D eigenvalue weighted by molar-refractivity contribution is 0.0885. The van der Waals surface area contributed by atoms with E-state index in [9.17, 15) is 14.7 Å². The van der Waals surface area contributed by atoms with E-state index < -0.39 is 5.91 Å². The van der Waals surface area contributed by atoms with Gasteiger partial charge >= 0.3 is 0 Å². The van der Waals surface area contributed by atoms with Crippen LogP contribution in [0, 0.1) is 5.92 Å². The van der Waals surface area contributed by atoms with Crippen LogP contribution in [-0.4, -0.2) is 27.7 Å². The number of hydrogen-bond donors (Lipinski definition) is 3. The minimum absolute atomic E-state index is 0.0753. The van der Waals surface area contributed by atoms with Gasteiger partial charge in [-0.1, -0.05) is 25.0 Å². The second kappa shape index (κ2) is 8.41. The molecule has 4 N–H and O–H groups in total. The first-order chi connectivity index (χ1) is 14.5. The fourth-order valence-corrected chi connectivity index (χ4v) is 4.00. The summed E-state index contributed by atoms with van der Waals surface area (Å²) in [7, 11) is 0. The van der Waals surface area contributed by atoms with Crippen molar-refractivity contribution < 1.29 is 14.7 Å². The highest BCUT2D eigenvalue weighted by Gasteiger charge is 2.20. The Balaban J connectivity index is 1.49. The Morgan fingerprint density at radius 1 is 1.20 bits per heavy atom. The minimum Gasteiger partial charge on any atom is -0.506 e. The molecule has 3 aromatic rings. The molecule has 1 heterocycles. The van der Waals surface area contributed by atoms with Crippen LogP contribution < -0.4 is 11.2 Å². The molecule has 0 atom stereocenters. The van der Waals surface area contributed by atoms with Gasteiger partial charge in [-0.05, 0) is 49.1 Å². The predicted molar refractivity (Wildman–Crippen MR) is 117 cm³/mol. The molecule has 1 aliphatic rings. The zero-order chi connectivity index (χ0) is 21.1. The number of hydrazone groups is 1. The van der Waals surface area contributed by atoms with Crippen LogP contribution in [0.25, 0.3) is 10.9 Å². The second-order valence-corrected chi connectivity index (χ2v) is 7.69. The number of phenolic OH excluding ortho intramolecular Hbond substituents is 1. The maximum Gasteiger partial charge on any atom is 0.271 e. The van der Waals surface area contributed by atoms with Gasteiger partial charge in [0.1, 0.15) is 5.75 Å². The molecule has 1 fully saturated rings. The SMILES string of the molecule is Nc1cc(C(=O)N/N=C/c2cccc3c2ccn3C(=O)CC2CCCC2)ccc1O. The molecule has 154 valence electrons. The van der Waals surface area contributed by atoms with Crippen molar-refractivity contribution in [3.63, 3.8) is 0 Å². The van der Waals surface area contributed by atoms with Crippen LogP contribution in [0.1, 0.15) is 52.8 Å². The first kappa shape index (κ1) is 19.7. The normalized spacial score (nSPS) is 14.5. The Morgan fingerprint density at radius 3 is 2.77 bits per heavy atom. The summed E-state index contributed by atoms with van der Waals surface area (Å²) < 4.78 is 1.71. The van der Waals surface area contributed by atoms with Gasteiger partial charge in [0.05, 0.1) is 17.4 Å². The lowest BCUT2D eigenvalue weighted by Gasteiger charge is -2.09. The monoisotopic (exact) mass is 404 g/mol. The zero-order valence-corrected chi connectivity index (χ0v) is 16.5. The van der Waals surface area contributed by atoms with Crippen molar-refractivity contribution in [1.29, 1.82) is 0 Å². The van der Waals surface area contributed by atoms with Crippen LogP contribution in [-0.2, 0) is 0 Å². The first-order valence-corrected chi connectivity index (χ1v) is 10.1. The molecule has 7 nitrogen and oxygen atoms in total. The Morgan fingerprint density at radius 2 is 2.00 bits per heavy atom. The summed E-state index contributed by atoms with van der Waals surface area (Å²) in [6, 6.07) is 11.8. The van der Waals surface area contributed by atoms with E-state index in [-0.39, 0.29) is 17.3 Å². The highest BCUT2D eigenvalue weighted by Crippen LogP contribution is 2.29. The summed E-state index contributed by atoms with van der Waals surface area (Å²) in [5.74, 6) is 0.0937. The molecule has 1 saturated carbocycles. The van der Waals surface area contributed by atoms with Crippen LogP contribution in [0.15, 0.2) is 53.8 Å². The molecule has 0 spiro atoms. The molecule has 0 saturated heterocycles. The van der Waals surface area contributed by atoms with Crippen molar-refractivity contribution in [2.45, 2.75) is 32.1 Å². The number of amides is 1. The Hall–Kier alpha value is -3.61. The largest absolute Gasteiger partial charge is 0.506 e. The summed E-state index contributed by atoms with van der Waals surface area (Å²) in [6.07, 6.45) is 8.63. The second-order valence-electron chi connectivity index (χ2n) is 7.69. The summed E-state index contributed by atoms with van der Waals surface area (Å²) >= 11 is 0. The first-order valence-electron chi connectivity index (χ1n) is 10.1. The van der Waals surface area contributed by atoms with Gasteiger partial charge in [0.25, 0.3) is 5.91 Å². The molecule has 0 bridgehead atoms. The number of phenols is 1. The van der Waals surface area contributed by atoms with Gasteiger partial charge in [-0.15, -0.1) is 0 Å². The zero-order valence-electron chi connectivity index (χ0n) is 16.5. The van der Waals surface area contributed by atoms with E-state index in [1.54, 1.807) is 17.0 Å². The number of carbonyl (C=O) groups excluding carboxylic acids is 2. The number of hydrogen-bond acceptors (Lipinski definition) is 5. The number of fused-ring (bicyclic) bond motifs is 1. The smallest absolute Gasteiger partial charge is 0.271 e. The maximum absolute atomic E-state index is 12.7. The van der Waals surface area contributed by atoms with Gasteiger partial charge in [-0.2, -0.15) is 5.10 Å². The number of anilines is 1. The molecule has 1 amide bonds. The Labute approximate surface area is 174 Å². The molecule has 0 unspecified atom stereocenters. The van der Waals surface area contributed by atoms with Crippen LogP contribution in [0.2, 0.25) is 0 Å². The Bertz CT molecular complexity index is 1130. The molecule has 7 heteroatoms. The Kier molecular flexibility index (Phi) is 5.52. The van der Waals surface area contributed by atoms with E-state index >= 15 is 0 Å². The lowest BCUT2D eigenvalue weighted by atomic mass is 10.0. The number of nitrogens with one attached hydrogen (secondary N) is 1. The molecule has 1 aromatic heterocycles. The standard InChI is InChI=1S/C23H24N4O3/c24-19-13-16(8-9-21(19)28)23(30)26-25-14-17-6-3-7-20-18(17)10-11-27(20)22(29)12-15-4-1-2-5-15/h3,6-11,13-15,28H,1-2,4-5,12,24H2,(H,26,30)/b25-14+. The number of carbonyl (C=O) groups is 2. The van der Waals surface area contributed by atoms with Gasteiger partial charge in [0.15, 0.2) is 0 Å². The van der Waals surface area contributed by atoms with Crippen LogP contribution in [0.4, 0.5) is 5.69 Å². The van der Waals surface area contributed by atoms with Gasteiger partial charge < -0.3 is 10.8 Å². The fourth-order valence-electron chi connectivity index (χ4n) is 4.00. The quantitative estimate of drug-likeness (QED) is 0.259. The number of nitrogens with zero attached hydrogens (tertiary/aromatic N) is 2. The summed E-state index contributed by atoms with van der Waals surface area (Å²) in [5.41, 5.74) is 10.1. The number of aromatic nitrogens is 1. The topological polar surface area (TPSA) is 110 Å². The highest BCUT2D eigenvalue weighted by atomic mass is 16.3. The van der Waals surface area contributed by atoms with Crippen LogP contribution in [0.3, 0.4) is 0 Å². The van der Waals surface area contributed by atoms with Gasteiger partial charge in [0, 0.05) is 29.1 Å². The van der Waals surface area contributed by atoms with Gasteiger partial charge in [-0.3, -0.25) is 14.2 Å². The van der Waals surface area contributed by atoms with E-state index in [1.165, 1.54) is 31.0 Å². The van der Waals surface area contributed by atoms with Crippen molar-refractivity contribution in [1.82, 2.24) is 9.99 Å². The maximum atomic E-state index is 12.7. The third kappa shape index (κ3) is 4.05. The molecule has 0 aliphatic heterocycles. The highest BCUT2D eigenvalue weighted by molar-refractivity contribution is 6.03. The van der Waals surface area contributed by atoms with E-state index in [0.29, 0.717) is 17.9 Å². The molecule has 1 aliphatic carbocycles. The summed E-state index contributed by atoms with van der Waals surface area (Å²) in [6.45, 7) is 0. The number of rotatable bonds is 5. The number of benzene rings is 2. The molecular weight excluding hydrogens is 380 g/mol. The van der Waals surface area contributed by atoms with Gasteiger partial charge in [-0.25, -0.2) is 5.43 Å². The van der Waals surface area contributed by atoms with Crippen LogP contribution >= 0.6 is 0 Å². The predicted octanol–water partition coefficient (Wildman–Crippen LogP) is 3.91. The number of aromatic hydroxyl groups is 1. The molecular formula is C23H24N4O3. The van der Waals surface area contributed by atoms with E-state index in [4.69, 9.17) is 5.73 Å². The van der Waals surface area contributed by atoms with Crippen molar-refractivity contribution in [3.8, 4) is 5.75 Å². The third-order valence-corrected chi connectivity index (χ3v) is 5.63. The van der Waals surface area contributed by atoms with Crippen molar-refractivity contribution in [2.24, 2.45) is 11.0 Å². The summed E-state index contributed by atoms with van der Waals surface area (Å²) in [4.78, 5) is 25.0. The minimum atomic E-state index is -0.436. The third-order valence-electron chi connectivity index (χ3n) is 5.63. The van der Waals surface area contributed by atoms with Crippen molar-refractivity contribution in [2.75, 3.05) is 5.73 Å². The molecule has 0 radical (unpaired) electrons. The van der Waals surface area contributed by atoms with E-state index in [2.05, 4.69) is 10.5 Å². The van der Waals surface area contributed by atoms with Gasteiger partial charge in [0.2, 0.25) is 5.91 Å². The average molecular weight is 404 g/mol. The lowest BCUT2D eigenvalue weighted by Crippen LogP contribution is -2.17. The molecule has 4 rings (SSSR count). The number of nitrogen functional groups attached to an aromatic ring is 1. The molecule has 30 heavy (non-hydrogen) atoms. The fraction of sp³-hybridized carbons (Fsp3) is 0.261. The number of nitrogens with two attached hydrogens (primary N) is 1. The summed E-state index contributed by atoms with van der Waals surface area (Å²) in [5, 5.41) is 14.4. The van der Waals surface area contributed by atoms with E-state index in [1.807, 2.05) is 24.3 Å².